The van der Waals surface area contributed by atoms with Crippen LogP contribution in [0.15, 0.2) is 21.7 Å². The maximum Gasteiger partial charge on any atom is 0.244 e. The van der Waals surface area contributed by atoms with Crippen LogP contribution in [-0.4, -0.2) is 25.2 Å². The van der Waals surface area contributed by atoms with Crippen molar-refractivity contribution in [1.29, 1.82) is 0 Å². The van der Waals surface area contributed by atoms with Gasteiger partial charge in [-0.15, -0.1) is 0 Å². The van der Waals surface area contributed by atoms with E-state index in [1.54, 1.807) is 6.21 Å². The van der Waals surface area contributed by atoms with Crippen LogP contribution in [0.4, 0.5) is 5.88 Å². The number of nitrogens with zero attached hydrogens (tertiary/aromatic N) is 2. The van der Waals surface area contributed by atoms with Gasteiger partial charge in [-0.3, -0.25) is 4.79 Å². The van der Waals surface area contributed by atoms with Gasteiger partial charge in [-0.2, -0.15) is 5.10 Å². The highest BCUT2D eigenvalue weighted by molar-refractivity contribution is 5.85. The summed E-state index contributed by atoms with van der Waals surface area (Å²) in [5, 5.41) is 4.11. The third kappa shape index (κ3) is 2.85. The van der Waals surface area contributed by atoms with Crippen LogP contribution in [0, 0.1) is 17.3 Å². The predicted molar refractivity (Wildman–Crippen MR) is 94.1 cm³/mol. The molecule has 2 heterocycles. The molecule has 2 saturated carbocycles. The molecule has 0 unspecified atom stereocenters. The molecule has 3 aliphatic rings. The second-order valence-electron chi connectivity index (χ2n) is 7.79. The standard InChI is InChI=1S/C19H27N3O2/c1-19-10-4-3-7-15(19)17(19)18(23)21-20-13-14-8-9-16(24-14)22-11-5-2-6-12-22/h8-9,13,15,17H,2-7,10-12H2,1H3,(H,21,23)/b20-13-/t15-,17-,19-/m0/s1. The van der Waals surface area contributed by atoms with Crippen molar-refractivity contribution in [2.24, 2.45) is 22.4 Å². The van der Waals surface area contributed by atoms with Gasteiger partial charge in [-0.1, -0.05) is 19.8 Å². The molecular weight excluding hydrogens is 302 g/mol. The molecule has 24 heavy (non-hydrogen) atoms. The highest BCUT2D eigenvalue weighted by atomic mass is 16.4. The molecule has 130 valence electrons. The van der Waals surface area contributed by atoms with E-state index in [1.807, 2.05) is 12.1 Å². The molecule has 2 aliphatic carbocycles. The topological polar surface area (TPSA) is 57.8 Å². The van der Waals surface area contributed by atoms with Gasteiger partial charge in [-0.25, -0.2) is 5.43 Å². The zero-order valence-electron chi connectivity index (χ0n) is 14.5. The number of hydrazone groups is 1. The molecule has 1 aliphatic heterocycles. The van der Waals surface area contributed by atoms with Crippen molar-refractivity contribution in [1.82, 2.24) is 5.43 Å². The van der Waals surface area contributed by atoms with Crippen molar-refractivity contribution in [2.45, 2.75) is 51.9 Å². The van der Waals surface area contributed by atoms with E-state index in [0.717, 1.165) is 19.0 Å². The summed E-state index contributed by atoms with van der Waals surface area (Å²) in [6.07, 6.45) is 10.2. The Morgan fingerprint density at radius 2 is 2.12 bits per heavy atom. The van der Waals surface area contributed by atoms with Crippen molar-refractivity contribution in [3.63, 3.8) is 0 Å². The molecule has 5 nitrogen and oxygen atoms in total. The molecule has 5 heteroatoms. The lowest BCUT2D eigenvalue weighted by molar-refractivity contribution is -0.123. The Balaban J connectivity index is 1.31. The molecule has 0 aromatic carbocycles. The van der Waals surface area contributed by atoms with Crippen LogP contribution >= 0.6 is 0 Å². The normalized spacial score (nSPS) is 32.6. The Hall–Kier alpha value is -1.78. The second-order valence-corrected chi connectivity index (χ2v) is 7.79. The number of anilines is 1. The van der Waals surface area contributed by atoms with E-state index in [9.17, 15) is 4.79 Å². The lowest BCUT2D eigenvalue weighted by atomic mass is 9.90. The minimum atomic E-state index is 0.0726. The first-order chi connectivity index (χ1) is 11.7. The van der Waals surface area contributed by atoms with Crippen molar-refractivity contribution >= 4 is 18.0 Å². The zero-order valence-corrected chi connectivity index (χ0v) is 14.5. The summed E-state index contributed by atoms with van der Waals surface area (Å²) in [7, 11) is 0. The van der Waals surface area contributed by atoms with E-state index >= 15 is 0 Å². The molecule has 1 aromatic heterocycles. The van der Waals surface area contributed by atoms with Crippen LogP contribution in [0.3, 0.4) is 0 Å². The molecule has 3 fully saturated rings. The fraction of sp³-hybridized carbons (Fsp3) is 0.684. The number of piperidine rings is 1. The van der Waals surface area contributed by atoms with Crippen molar-refractivity contribution in [2.75, 3.05) is 18.0 Å². The predicted octanol–water partition coefficient (Wildman–Crippen LogP) is 3.55. The first-order valence-electron chi connectivity index (χ1n) is 9.36. The van der Waals surface area contributed by atoms with Gasteiger partial charge in [0.2, 0.25) is 5.91 Å². The number of carbonyl (C=O) groups is 1. The van der Waals surface area contributed by atoms with E-state index in [4.69, 9.17) is 4.42 Å². The molecule has 1 amide bonds. The molecule has 4 rings (SSSR count). The summed E-state index contributed by atoms with van der Waals surface area (Å²) in [6, 6.07) is 3.91. The summed E-state index contributed by atoms with van der Waals surface area (Å²) < 4.78 is 5.82. The fourth-order valence-electron chi connectivity index (χ4n) is 4.78. The Labute approximate surface area is 143 Å². The third-order valence-electron chi connectivity index (χ3n) is 6.26. The van der Waals surface area contributed by atoms with Crippen molar-refractivity contribution in [3.8, 4) is 0 Å². The van der Waals surface area contributed by atoms with Crippen LogP contribution in [0.25, 0.3) is 0 Å². The largest absolute Gasteiger partial charge is 0.440 e. The molecule has 1 aromatic rings. The summed E-state index contributed by atoms with van der Waals surface area (Å²) in [5.74, 6) is 2.38. The summed E-state index contributed by atoms with van der Waals surface area (Å²) in [6.45, 7) is 4.37. The van der Waals surface area contributed by atoms with Gasteiger partial charge in [0.05, 0.1) is 6.21 Å². The molecule has 1 saturated heterocycles. The molecular formula is C19H27N3O2. The van der Waals surface area contributed by atoms with Gasteiger partial charge >= 0.3 is 0 Å². The average molecular weight is 329 g/mol. The maximum absolute atomic E-state index is 12.4. The van der Waals surface area contributed by atoms with Gasteiger partial charge in [0, 0.05) is 25.1 Å². The van der Waals surface area contributed by atoms with Crippen LogP contribution in [-0.2, 0) is 4.79 Å². The number of rotatable bonds is 4. The zero-order chi connectivity index (χ0) is 16.6. The van der Waals surface area contributed by atoms with Gasteiger partial charge in [0.25, 0.3) is 0 Å². The highest BCUT2D eigenvalue weighted by Gasteiger charge is 2.64. The van der Waals surface area contributed by atoms with Gasteiger partial charge < -0.3 is 9.32 Å². The minimum Gasteiger partial charge on any atom is -0.440 e. The van der Waals surface area contributed by atoms with Gasteiger partial charge in [0.1, 0.15) is 5.76 Å². The van der Waals surface area contributed by atoms with Gasteiger partial charge in [0.15, 0.2) is 5.88 Å². The number of fused-ring (bicyclic) bond motifs is 1. The molecule has 0 radical (unpaired) electrons. The lowest BCUT2D eigenvalue weighted by Crippen LogP contribution is -2.28. The highest BCUT2D eigenvalue weighted by Crippen LogP contribution is 2.66. The number of furan rings is 1. The van der Waals surface area contributed by atoms with Gasteiger partial charge in [-0.05, 0) is 49.5 Å². The van der Waals surface area contributed by atoms with Crippen LogP contribution in [0.2, 0.25) is 0 Å². The van der Waals surface area contributed by atoms with Crippen molar-refractivity contribution in [3.05, 3.63) is 17.9 Å². The summed E-state index contributed by atoms with van der Waals surface area (Å²) in [4.78, 5) is 14.6. The first kappa shape index (κ1) is 15.7. The van der Waals surface area contributed by atoms with Crippen LogP contribution < -0.4 is 10.3 Å². The minimum absolute atomic E-state index is 0.0726. The Morgan fingerprint density at radius 1 is 1.29 bits per heavy atom. The second kappa shape index (κ2) is 6.26. The number of hydrogen-bond acceptors (Lipinski definition) is 4. The number of nitrogens with one attached hydrogen (secondary N) is 1. The third-order valence-corrected chi connectivity index (χ3v) is 6.26. The van der Waals surface area contributed by atoms with E-state index in [1.165, 1.54) is 44.9 Å². The van der Waals surface area contributed by atoms with Crippen LogP contribution in [0.1, 0.15) is 57.6 Å². The Bertz CT molecular complexity index is 632. The average Bonchev–Trinajstić information content (AvgIpc) is 2.97. The number of carbonyl (C=O) groups excluding carboxylic acids is 1. The molecule has 0 spiro atoms. The summed E-state index contributed by atoms with van der Waals surface area (Å²) in [5.41, 5.74) is 2.95. The number of hydrogen-bond donors (Lipinski definition) is 1. The first-order valence-corrected chi connectivity index (χ1v) is 9.36. The summed E-state index contributed by atoms with van der Waals surface area (Å²) >= 11 is 0. The monoisotopic (exact) mass is 329 g/mol. The fourth-order valence-corrected chi connectivity index (χ4v) is 4.78. The quantitative estimate of drug-likeness (QED) is 0.679. The molecule has 1 N–H and O–H groups in total. The number of amides is 1. The van der Waals surface area contributed by atoms with E-state index < -0.39 is 0 Å². The van der Waals surface area contributed by atoms with Crippen molar-refractivity contribution < 1.29 is 9.21 Å². The Kier molecular flexibility index (Phi) is 4.10. The molecule has 0 bridgehead atoms. The lowest BCUT2D eigenvalue weighted by Gasteiger charge is -2.25. The Morgan fingerprint density at radius 3 is 2.88 bits per heavy atom. The molecule has 3 atom stereocenters. The maximum atomic E-state index is 12.4. The van der Waals surface area contributed by atoms with E-state index in [2.05, 4.69) is 22.4 Å². The van der Waals surface area contributed by atoms with Crippen LogP contribution in [0.5, 0.6) is 0 Å². The SMILES string of the molecule is C[C@]12CCCC[C@H]1[C@H]2C(=O)N/N=C\c1ccc(N2CCCCC2)o1. The van der Waals surface area contributed by atoms with E-state index in [-0.39, 0.29) is 17.2 Å². The smallest absolute Gasteiger partial charge is 0.244 e. The van der Waals surface area contributed by atoms with E-state index in [0.29, 0.717) is 11.7 Å².